The predicted octanol–water partition coefficient (Wildman–Crippen LogP) is 2.91. The molecule has 0 atom stereocenters. The van der Waals surface area contributed by atoms with Crippen molar-refractivity contribution in [3.63, 3.8) is 0 Å². The van der Waals surface area contributed by atoms with Crippen molar-refractivity contribution in [1.29, 1.82) is 0 Å². The molecule has 0 aliphatic heterocycles. The summed E-state index contributed by atoms with van der Waals surface area (Å²) in [6.45, 7) is 1.95. The van der Waals surface area contributed by atoms with Gasteiger partial charge in [-0.1, -0.05) is 17.7 Å². The van der Waals surface area contributed by atoms with Gasteiger partial charge in [-0.2, -0.15) is 0 Å². The predicted molar refractivity (Wildman–Crippen MR) is 70.2 cm³/mol. The molecule has 0 radical (unpaired) electrons. The molecule has 18 heavy (non-hydrogen) atoms. The average molecular weight is 261 g/mol. The second kappa shape index (κ2) is 3.99. The SMILES string of the molecule is Cc1ccc(S(=O)(=O)n2cccc2C2CC2)cc1. The molecule has 94 valence electrons. The van der Waals surface area contributed by atoms with Crippen molar-refractivity contribution in [3.8, 4) is 0 Å². The Balaban J connectivity index is 2.08. The van der Waals surface area contributed by atoms with Crippen molar-refractivity contribution in [1.82, 2.24) is 3.97 Å². The van der Waals surface area contributed by atoms with Gasteiger partial charge in [0.1, 0.15) is 0 Å². The lowest BCUT2D eigenvalue weighted by Crippen LogP contribution is -2.14. The second-order valence-electron chi connectivity index (χ2n) is 4.82. The van der Waals surface area contributed by atoms with Gasteiger partial charge < -0.3 is 0 Å². The summed E-state index contributed by atoms with van der Waals surface area (Å²) >= 11 is 0. The van der Waals surface area contributed by atoms with Gasteiger partial charge in [0, 0.05) is 17.8 Å². The summed E-state index contributed by atoms with van der Waals surface area (Å²) in [5.41, 5.74) is 1.97. The Labute approximate surface area is 107 Å². The number of benzene rings is 1. The van der Waals surface area contributed by atoms with Crippen LogP contribution in [0.2, 0.25) is 0 Å². The monoisotopic (exact) mass is 261 g/mol. The minimum absolute atomic E-state index is 0.353. The Kier molecular flexibility index (Phi) is 2.55. The molecule has 0 N–H and O–H groups in total. The lowest BCUT2D eigenvalue weighted by Gasteiger charge is -2.10. The maximum atomic E-state index is 12.5. The number of rotatable bonds is 3. The third-order valence-electron chi connectivity index (χ3n) is 3.32. The van der Waals surface area contributed by atoms with Crippen molar-refractivity contribution in [3.05, 3.63) is 53.9 Å². The summed E-state index contributed by atoms with van der Waals surface area (Å²) < 4.78 is 26.5. The van der Waals surface area contributed by atoms with Gasteiger partial charge >= 0.3 is 0 Å². The molecular formula is C14H15NO2S. The zero-order valence-electron chi connectivity index (χ0n) is 10.2. The highest BCUT2D eigenvalue weighted by Crippen LogP contribution is 2.41. The maximum Gasteiger partial charge on any atom is 0.267 e. The Morgan fingerprint density at radius 2 is 1.78 bits per heavy atom. The molecule has 1 aromatic carbocycles. The van der Waals surface area contributed by atoms with Gasteiger partial charge in [0.25, 0.3) is 10.0 Å². The Morgan fingerprint density at radius 1 is 1.11 bits per heavy atom. The molecule has 1 aliphatic carbocycles. The number of hydrogen-bond acceptors (Lipinski definition) is 2. The minimum Gasteiger partial charge on any atom is -0.246 e. The Morgan fingerprint density at radius 3 is 2.39 bits per heavy atom. The van der Waals surface area contributed by atoms with Crippen molar-refractivity contribution < 1.29 is 8.42 Å². The van der Waals surface area contributed by atoms with E-state index in [4.69, 9.17) is 0 Å². The number of hydrogen-bond donors (Lipinski definition) is 0. The summed E-state index contributed by atoms with van der Waals surface area (Å²) in [6.07, 6.45) is 3.82. The van der Waals surface area contributed by atoms with Gasteiger partial charge in [-0.15, -0.1) is 0 Å². The molecule has 0 amide bonds. The number of aryl methyl sites for hydroxylation is 1. The van der Waals surface area contributed by atoms with Crippen LogP contribution in [0.1, 0.15) is 30.0 Å². The highest BCUT2D eigenvalue weighted by Gasteiger charge is 2.30. The molecule has 1 heterocycles. The highest BCUT2D eigenvalue weighted by molar-refractivity contribution is 7.90. The summed E-state index contributed by atoms with van der Waals surface area (Å²) in [4.78, 5) is 0.353. The van der Waals surface area contributed by atoms with E-state index >= 15 is 0 Å². The molecule has 1 fully saturated rings. The zero-order chi connectivity index (χ0) is 12.8. The molecular weight excluding hydrogens is 246 g/mol. The van der Waals surface area contributed by atoms with E-state index in [0.717, 1.165) is 24.1 Å². The fourth-order valence-electron chi connectivity index (χ4n) is 2.12. The molecule has 2 aromatic rings. The molecule has 1 aromatic heterocycles. The Bertz CT molecular complexity index is 664. The molecule has 0 saturated heterocycles. The average Bonchev–Trinajstić information content (AvgIpc) is 3.07. The van der Waals surface area contributed by atoms with Crippen molar-refractivity contribution in [2.45, 2.75) is 30.6 Å². The lowest BCUT2D eigenvalue weighted by atomic mass is 10.2. The first-order chi connectivity index (χ1) is 8.59. The van der Waals surface area contributed by atoms with E-state index in [1.165, 1.54) is 3.97 Å². The van der Waals surface area contributed by atoms with Crippen LogP contribution in [-0.4, -0.2) is 12.4 Å². The first-order valence-corrected chi connectivity index (χ1v) is 7.52. The van der Waals surface area contributed by atoms with Gasteiger partial charge in [0.2, 0.25) is 0 Å². The molecule has 1 saturated carbocycles. The molecule has 3 rings (SSSR count). The van der Waals surface area contributed by atoms with Gasteiger partial charge in [0.05, 0.1) is 4.90 Å². The standard InChI is InChI=1S/C14H15NO2S/c1-11-4-8-13(9-5-11)18(16,17)15-10-2-3-14(15)12-6-7-12/h2-5,8-10,12H,6-7H2,1H3. The molecule has 3 nitrogen and oxygen atoms in total. The number of aromatic nitrogens is 1. The zero-order valence-corrected chi connectivity index (χ0v) is 11.0. The van der Waals surface area contributed by atoms with Crippen LogP contribution >= 0.6 is 0 Å². The van der Waals surface area contributed by atoms with Crippen LogP contribution < -0.4 is 0 Å². The lowest BCUT2D eigenvalue weighted by molar-refractivity contribution is 0.585. The molecule has 0 spiro atoms. The van der Waals surface area contributed by atoms with Gasteiger partial charge in [0.15, 0.2) is 0 Å². The highest BCUT2D eigenvalue weighted by atomic mass is 32.2. The third kappa shape index (κ3) is 1.86. The normalized spacial score (nSPS) is 15.8. The van der Waals surface area contributed by atoms with Gasteiger partial charge in [-0.3, -0.25) is 0 Å². The molecule has 4 heteroatoms. The van der Waals surface area contributed by atoms with Crippen LogP contribution in [-0.2, 0) is 10.0 Å². The van der Waals surface area contributed by atoms with Crippen LogP contribution in [0.25, 0.3) is 0 Å². The first kappa shape index (κ1) is 11.5. The first-order valence-electron chi connectivity index (χ1n) is 6.08. The van der Waals surface area contributed by atoms with Crippen LogP contribution in [0.5, 0.6) is 0 Å². The van der Waals surface area contributed by atoms with E-state index in [0.29, 0.717) is 10.8 Å². The maximum absolute atomic E-state index is 12.5. The third-order valence-corrected chi connectivity index (χ3v) is 5.03. The molecule has 1 aliphatic rings. The number of nitrogens with zero attached hydrogens (tertiary/aromatic N) is 1. The van der Waals surface area contributed by atoms with Gasteiger partial charge in [-0.05, 0) is 44.0 Å². The van der Waals surface area contributed by atoms with Gasteiger partial charge in [-0.25, -0.2) is 12.4 Å². The summed E-state index contributed by atoms with van der Waals surface area (Å²) in [6, 6.07) is 10.7. The fourth-order valence-corrected chi connectivity index (χ4v) is 3.54. The van der Waals surface area contributed by atoms with Crippen molar-refractivity contribution in [2.24, 2.45) is 0 Å². The van der Waals surface area contributed by atoms with E-state index in [1.54, 1.807) is 24.4 Å². The molecule has 0 bridgehead atoms. The molecule has 0 unspecified atom stereocenters. The largest absolute Gasteiger partial charge is 0.267 e. The fraction of sp³-hybridized carbons (Fsp3) is 0.286. The van der Waals surface area contributed by atoms with Crippen molar-refractivity contribution >= 4 is 10.0 Å². The van der Waals surface area contributed by atoms with E-state index in [9.17, 15) is 8.42 Å². The smallest absolute Gasteiger partial charge is 0.246 e. The van der Waals surface area contributed by atoms with Crippen LogP contribution in [0, 0.1) is 6.92 Å². The quantitative estimate of drug-likeness (QED) is 0.852. The van der Waals surface area contributed by atoms with E-state index in [2.05, 4.69) is 0 Å². The van der Waals surface area contributed by atoms with E-state index in [-0.39, 0.29) is 0 Å². The topological polar surface area (TPSA) is 39.1 Å². The van der Waals surface area contributed by atoms with Crippen LogP contribution in [0.4, 0.5) is 0 Å². The second-order valence-corrected chi connectivity index (χ2v) is 6.64. The van der Waals surface area contributed by atoms with E-state index in [1.807, 2.05) is 25.1 Å². The van der Waals surface area contributed by atoms with Crippen LogP contribution in [0.15, 0.2) is 47.5 Å². The summed E-state index contributed by atoms with van der Waals surface area (Å²) in [5, 5.41) is 0. The van der Waals surface area contributed by atoms with Crippen molar-refractivity contribution in [2.75, 3.05) is 0 Å². The minimum atomic E-state index is -3.43. The summed E-state index contributed by atoms with van der Waals surface area (Å²) in [7, 11) is -3.43. The summed E-state index contributed by atoms with van der Waals surface area (Å²) in [5.74, 6) is 0.417. The Hall–Kier alpha value is -1.55. The van der Waals surface area contributed by atoms with E-state index < -0.39 is 10.0 Å². The van der Waals surface area contributed by atoms with Crippen LogP contribution in [0.3, 0.4) is 0 Å².